The van der Waals surface area contributed by atoms with Crippen molar-refractivity contribution >= 4 is 38.5 Å². The van der Waals surface area contributed by atoms with Gasteiger partial charge >= 0.3 is 0 Å². The SMILES string of the molecule is CCC(=O)Nc1nc2ccc(CCC(=O)NC3CCCc4ccccc43)cc2s1. The Balaban J connectivity index is 1.37. The number of thiazole rings is 1. The fourth-order valence-corrected chi connectivity index (χ4v) is 4.76. The molecule has 0 aliphatic heterocycles. The van der Waals surface area contributed by atoms with Gasteiger partial charge in [0.2, 0.25) is 11.8 Å². The molecule has 0 saturated heterocycles. The van der Waals surface area contributed by atoms with E-state index in [2.05, 4.69) is 39.9 Å². The maximum Gasteiger partial charge on any atom is 0.225 e. The minimum absolute atomic E-state index is 0.0368. The van der Waals surface area contributed by atoms with Gasteiger partial charge in [0.15, 0.2) is 5.13 Å². The minimum Gasteiger partial charge on any atom is -0.349 e. The number of nitrogens with zero attached hydrogens (tertiary/aromatic N) is 1. The first-order valence-electron chi connectivity index (χ1n) is 10.2. The van der Waals surface area contributed by atoms with Crippen LogP contribution in [0.3, 0.4) is 0 Å². The number of anilines is 1. The van der Waals surface area contributed by atoms with E-state index in [-0.39, 0.29) is 17.9 Å². The summed E-state index contributed by atoms with van der Waals surface area (Å²) in [5.74, 6) is 0.0530. The van der Waals surface area contributed by atoms with Crippen molar-refractivity contribution in [2.75, 3.05) is 5.32 Å². The fraction of sp³-hybridized carbons (Fsp3) is 0.348. The van der Waals surface area contributed by atoms with Crippen molar-refractivity contribution in [1.82, 2.24) is 10.3 Å². The van der Waals surface area contributed by atoms with Gasteiger partial charge in [0.25, 0.3) is 0 Å². The number of benzene rings is 2. The molecule has 0 bridgehead atoms. The van der Waals surface area contributed by atoms with Gasteiger partial charge in [-0.05, 0) is 54.5 Å². The van der Waals surface area contributed by atoms with E-state index in [9.17, 15) is 9.59 Å². The van der Waals surface area contributed by atoms with Crippen LogP contribution < -0.4 is 10.6 Å². The van der Waals surface area contributed by atoms with Crippen molar-refractivity contribution < 1.29 is 9.59 Å². The highest BCUT2D eigenvalue weighted by molar-refractivity contribution is 7.22. The quantitative estimate of drug-likeness (QED) is 0.618. The Kier molecular flexibility index (Phi) is 5.90. The summed E-state index contributed by atoms with van der Waals surface area (Å²) in [6.07, 6.45) is 4.79. The van der Waals surface area contributed by atoms with Crippen LogP contribution in [0.2, 0.25) is 0 Å². The first-order chi connectivity index (χ1) is 14.1. The van der Waals surface area contributed by atoms with E-state index in [1.54, 1.807) is 0 Å². The Hall–Kier alpha value is -2.73. The Bertz CT molecular complexity index is 1040. The molecule has 0 radical (unpaired) electrons. The van der Waals surface area contributed by atoms with Gasteiger partial charge in [0.1, 0.15) is 0 Å². The molecule has 29 heavy (non-hydrogen) atoms. The number of nitrogens with one attached hydrogen (secondary N) is 2. The molecular formula is C23H25N3O2S. The maximum absolute atomic E-state index is 12.5. The zero-order valence-corrected chi connectivity index (χ0v) is 17.3. The van der Waals surface area contributed by atoms with Crippen LogP contribution >= 0.6 is 11.3 Å². The molecule has 6 heteroatoms. The molecule has 1 heterocycles. The van der Waals surface area contributed by atoms with Crippen molar-refractivity contribution in [2.45, 2.75) is 51.5 Å². The number of fused-ring (bicyclic) bond motifs is 2. The van der Waals surface area contributed by atoms with Crippen LogP contribution in [0.15, 0.2) is 42.5 Å². The largest absolute Gasteiger partial charge is 0.349 e. The summed E-state index contributed by atoms with van der Waals surface area (Å²) in [5.41, 5.74) is 4.59. The summed E-state index contributed by atoms with van der Waals surface area (Å²) < 4.78 is 1.02. The van der Waals surface area contributed by atoms with Gasteiger partial charge in [0.05, 0.1) is 16.3 Å². The summed E-state index contributed by atoms with van der Waals surface area (Å²) in [5, 5.41) is 6.65. The molecule has 4 rings (SSSR count). The predicted octanol–water partition coefficient (Wildman–Crippen LogP) is 4.77. The second kappa shape index (κ2) is 8.74. The summed E-state index contributed by atoms with van der Waals surface area (Å²) in [6, 6.07) is 14.6. The van der Waals surface area contributed by atoms with Gasteiger partial charge in [-0.3, -0.25) is 9.59 Å². The lowest BCUT2D eigenvalue weighted by Crippen LogP contribution is -2.31. The molecule has 2 amide bonds. The molecular weight excluding hydrogens is 382 g/mol. The molecule has 150 valence electrons. The second-order valence-corrected chi connectivity index (χ2v) is 8.46. The number of carbonyl (C=O) groups is 2. The van der Waals surface area contributed by atoms with Gasteiger partial charge in [-0.15, -0.1) is 0 Å². The van der Waals surface area contributed by atoms with E-state index in [4.69, 9.17) is 0 Å². The third kappa shape index (κ3) is 4.65. The van der Waals surface area contributed by atoms with E-state index < -0.39 is 0 Å². The standard InChI is InChI=1S/C23H25N3O2S/c1-2-21(27)26-23-25-19-12-10-15(14-20(19)29-23)11-13-22(28)24-18-9-5-7-16-6-3-4-8-17(16)18/h3-4,6,8,10,12,14,18H,2,5,7,9,11,13H2,1H3,(H,24,28)(H,25,26,27). The third-order valence-corrected chi connectivity index (χ3v) is 6.30. The number of carbonyl (C=O) groups excluding carboxylic acids is 2. The average Bonchev–Trinajstić information content (AvgIpc) is 3.14. The molecule has 1 unspecified atom stereocenters. The van der Waals surface area contributed by atoms with E-state index in [1.165, 1.54) is 22.5 Å². The molecule has 1 aliphatic rings. The van der Waals surface area contributed by atoms with E-state index in [0.717, 1.165) is 35.0 Å². The van der Waals surface area contributed by atoms with Crippen molar-refractivity contribution in [3.63, 3.8) is 0 Å². The van der Waals surface area contributed by atoms with Crippen molar-refractivity contribution in [2.24, 2.45) is 0 Å². The van der Waals surface area contributed by atoms with Crippen LogP contribution in [0.5, 0.6) is 0 Å². The molecule has 0 fully saturated rings. The smallest absolute Gasteiger partial charge is 0.225 e. The number of amides is 2. The highest BCUT2D eigenvalue weighted by Gasteiger charge is 2.21. The predicted molar refractivity (Wildman–Crippen MR) is 117 cm³/mol. The molecule has 0 spiro atoms. The Labute approximate surface area is 174 Å². The molecule has 2 N–H and O–H groups in total. The Morgan fingerprint density at radius 2 is 2.03 bits per heavy atom. The monoisotopic (exact) mass is 407 g/mol. The fourth-order valence-electron chi connectivity index (χ4n) is 3.81. The molecule has 3 aromatic rings. The van der Waals surface area contributed by atoms with Crippen LogP contribution in [-0.4, -0.2) is 16.8 Å². The van der Waals surface area contributed by atoms with Gasteiger partial charge < -0.3 is 10.6 Å². The lowest BCUT2D eigenvalue weighted by Gasteiger charge is -2.26. The van der Waals surface area contributed by atoms with Gasteiger partial charge in [-0.1, -0.05) is 48.6 Å². The van der Waals surface area contributed by atoms with Crippen LogP contribution in [0.4, 0.5) is 5.13 Å². The van der Waals surface area contributed by atoms with Gasteiger partial charge in [-0.2, -0.15) is 0 Å². The van der Waals surface area contributed by atoms with Crippen LogP contribution in [0.1, 0.15) is 55.3 Å². The maximum atomic E-state index is 12.5. The Morgan fingerprint density at radius 3 is 2.90 bits per heavy atom. The lowest BCUT2D eigenvalue weighted by molar-refractivity contribution is -0.122. The lowest BCUT2D eigenvalue weighted by atomic mass is 9.87. The summed E-state index contributed by atoms with van der Waals surface area (Å²) in [6.45, 7) is 1.82. The van der Waals surface area contributed by atoms with Crippen LogP contribution in [0, 0.1) is 0 Å². The van der Waals surface area contributed by atoms with Crippen LogP contribution in [-0.2, 0) is 22.4 Å². The number of aromatic nitrogens is 1. The summed E-state index contributed by atoms with van der Waals surface area (Å²) in [7, 11) is 0. The highest BCUT2D eigenvalue weighted by atomic mass is 32.1. The first kappa shape index (κ1) is 19.6. The number of hydrogen-bond acceptors (Lipinski definition) is 4. The molecule has 1 aromatic heterocycles. The molecule has 5 nitrogen and oxygen atoms in total. The minimum atomic E-state index is -0.0368. The Morgan fingerprint density at radius 1 is 1.17 bits per heavy atom. The van der Waals surface area contributed by atoms with Crippen molar-refractivity contribution in [1.29, 1.82) is 0 Å². The zero-order valence-electron chi connectivity index (χ0n) is 16.5. The molecule has 0 saturated carbocycles. The number of rotatable bonds is 6. The van der Waals surface area contributed by atoms with Gasteiger partial charge in [-0.25, -0.2) is 4.98 Å². The highest BCUT2D eigenvalue weighted by Crippen LogP contribution is 2.30. The molecule has 1 aliphatic carbocycles. The second-order valence-electron chi connectivity index (χ2n) is 7.43. The summed E-state index contributed by atoms with van der Waals surface area (Å²) in [4.78, 5) is 28.5. The van der Waals surface area contributed by atoms with E-state index in [0.29, 0.717) is 24.4 Å². The topological polar surface area (TPSA) is 71.1 Å². The van der Waals surface area contributed by atoms with E-state index >= 15 is 0 Å². The van der Waals surface area contributed by atoms with E-state index in [1.807, 2.05) is 25.1 Å². The average molecular weight is 408 g/mol. The third-order valence-electron chi connectivity index (χ3n) is 5.37. The molecule has 2 aromatic carbocycles. The number of aryl methyl sites for hydroxylation is 2. The normalized spacial score (nSPS) is 15.7. The zero-order chi connectivity index (χ0) is 20.2. The number of hydrogen-bond donors (Lipinski definition) is 2. The molecule has 1 atom stereocenters. The van der Waals surface area contributed by atoms with Crippen LogP contribution in [0.25, 0.3) is 10.2 Å². The first-order valence-corrected chi connectivity index (χ1v) is 11.0. The van der Waals surface area contributed by atoms with Gasteiger partial charge in [0, 0.05) is 12.8 Å². The van der Waals surface area contributed by atoms with Crippen molar-refractivity contribution in [3.8, 4) is 0 Å². The van der Waals surface area contributed by atoms with Crippen molar-refractivity contribution in [3.05, 3.63) is 59.2 Å². The summed E-state index contributed by atoms with van der Waals surface area (Å²) >= 11 is 1.47.